The molecule has 0 saturated carbocycles. The van der Waals surface area contributed by atoms with E-state index in [2.05, 4.69) is 11.0 Å². The van der Waals surface area contributed by atoms with E-state index in [1.54, 1.807) is 18.2 Å². The number of aryl methyl sites for hydroxylation is 1. The molecule has 1 aliphatic heterocycles. The van der Waals surface area contributed by atoms with Gasteiger partial charge in [-0.2, -0.15) is 0 Å². The first kappa shape index (κ1) is 20.4. The summed E-state index contributed by atoms with van der Waals surface area (Å²) in [6.07, 6.45) is 3.55. The summed E-state index contributed by atoms with van der Waals surface area (Å²) in [5.41, 5.74) is 3.84. The number of piperidine rings is 1. The fraction of sp³-hybridized carbons (Fsp3) is 0.391. The number of carbonyl (C=O) groups excluding carboxylic acids is 1. The van der Waals surface area contributed by atoms with Gasteiger partial charge in [0.05, 0.1) is 5.92 Å². The summed E-state index contributed by atoms with van der Waals surface area (Å²) in [7, 11) is 0. The largest absolute Gasteiger partial charge is 0.481 e. The quantitative estimate of drug-likeness (QED) is 0.660. The van der Waals surface area contributed by atoms with Crippen molar-refractivity contribution < 1.29 is 14.7 Å². The minimum absolute atomic E-state index is 0.00789. The van der Waals surface area contributed by atoms with Gasteiger partial charge in [-0.15, -0.1) is 0 Å². The van der Waals surface area contributed by atoms with Crippen LogP contribution in [-0.4, -0.2) is 34.8 Å². The Bertz CT molecular complexity index is 931. The maximum absolute atomic E-state index is 12.8. The number of carboxylic acid groups (broad SMARTS) is 1. The van der Waals surface area contributed by atoms with Gasteiger partial charge in [-0.25, -0.2) is 0 Å². The third-order valence-electron chi connectivity index (χ3n) is 6.23. The van der Waals surface area contributed by atoms with E-state index in [1.807, 2.05) is 12.1 Å². The molecule has 1 saturated heterocycles. The van der Waals surface area contributed by atoms with Gasteiger partial charge in [-0.1, -0.05) is 41.4 Å². The van der Waals surface area contributed by atoms with Crippen LogP contribution in [0.2, 0.25) is 10.0 Å². The van der Waals surface area contributed by atoms with Crippen LogP contribution in [0, 0.1) is 5.92 Å². The molecule has 1 unspecified atom stereocenters. The molecule has 1 fully saturated rings. The van der Waals surface area contributed by atoms with Crippen molar-refractivity contribution in [2.75, 3.05) is 13.1 Å². The number of hydrogen-bond acceptors (Lipinski definition) is 3. The summed E-state index contributed by atoms with van der Waals surface area (Å²) in [4.78, 5) is 26.4. The summed E-state index contributed by atoms with van der Waals surface area (Å²) in [5, 5.41) is 10.2. The van der Waals surface area contributed by atoms with Crippen LogP contribution in [0.25, 0.3) is 0 Å². The number of nitrogens with zero attached hydrogens (tertiary/aromatic N) is 1. The van der Waals surface area contributed by atoms with E-state index in [0.29, 0.717) is 40.1 Å². The number of ketones is 1. The smallest absolute Gasteiger partial charge is 0.306 e. The molecule has 6 heteroatoms. The summed E-state index contributed by atoms with van der Waals surface area (Å²) in [6, 6.07) is 11.6. The molecule has 152 valence electrons. The molecule has 0 bridgehead atoms. The van der Waals surface area contributed by atoms with Gasteiger partial charge in [0.1, 0.15) is 0 Å². The summed E-state index contributed by atoms with van der Waals surface area (Å²) in [6.45, 7) is 1.62. The van der Waals surface area contributed by atoms with Gasteiger partial charge in [0.25, 0.3) is 0 Å². The predicted molar refractivity (Wildman–Crippen MR) is 114 cm³/mol. The Morgan fingerprint density at radius 2 is 1.72 bits per heavy atom. The van der Waals surface area contributed by atoms with Gasteiger partial charge in [-0.05, 0) is 73.7 Å². The van der Waals surface area contributed by atoms with Gasteiger partial charge in [-0.3, -0.25) is 14.5 Å². The van der Waals surface area contributed by atoms with Crippen molar-refractivity contribution in [2.24, 2.45) is 5.92 Å². The van der Waals surface area contributed by atoms with Gasteiger partial charge in [0, 0.05) is 28.1 Å². The lowest BCUT2D eigenvalue weighted by atomic mass is 9.94. The molecule has 4 rings (SSSR count). The zero-order chi connectivity index (χ0) is 20.5. The van der Waals surface area contributed by atoms with Crippen LogP contribution >= 0.6 is 23.2 Å². The van der Waals surface area contributed by atoms with E-state index in [-0.39, 0.29) is 18.1 Å². The Kier molecular flexibility index (Phi) is 5.95. The van der Waals surface area contributed by atoms with Gasteiger partial charge < -0.3 is 5.11 Å². The van der Waals surface area contributed by atoms with Crippen molar-refractivity contribution in [2.45, 2.75) is 38.1 Å². The number of rotatable bonds is 5. The second kappa shape index (κ2) is 8.47. The van der Waals surface area contributed by atoms with Crippen molar-refractivity contribution in [1.29, 1.82) is 0 Å². The summed E-state index contributed by atoms with van der Waals surface area (Å²) >= 11 is 12.4. The first-order valence-electron chi connectivity index (χ1n) is 10.00. The molecule has 1 aliphatic carbocycles. The Hall–Kier alpha value is -1.88. The second-order valence-electron chi connectivity index (χ2n) is 7.92. The number of carboxylic acids is 1. The van der Waals surface area contributed by atoms with Crippen molar-refractivity contribution in [3.05, 3.63) is 68.7 Å². The van der Waals surface area contributed by atoms with E-state index in [1.165, 1.54) is 11.1 Å². The molecule has 2 aromatic carbocycles. The number of Topliss-reactive ketones (excluding diaryl/α,β-unsaturated/α-hetero) is 1. The number of hydrogen-bond donors (Lipinski definition) is 1. The molecule has 2 aliphatic rings. The van der Waals surface area contributed by atoms with Crippen LogP contribution < -0.4 is 0 Å². The van der Waals surface area contributed by atoms with Crippen LogP contribution in [0.1, 0.15) is 52.4 Å². The standard InChI is InChI=1S/C23H23Cl2NO3/c24-19-2-1-3-20(25)18(19)13-22(27)16-4-6-17-15(12-16)5-7-21(17)26-10-8-14(9-11-26)23(28)29/h1-4,6,12,14,21H,5,7-11,13H2,(H,28,29). The van der Waals surface area contributed by atoms with E-state index < -0.39 is 5.97 Å². The fourth-order valence-electron chi connectivity index (χ4n) is 4.57. The number of carbonyl (C=O) groups is 2. The molecule has 4 nitrogen and oxygen atoms in total. The zero-order valence-corrected chi connectivity index (χ0v) is 17.5. The molecule has 29 heavy (non-hydrogen) atoms. The van der Waals surface area contributed by atoms with Crippen LogP contribution in [0.4, 0.5) is 0 Å². The van der Waals surface area contributed by atoms with Crippen molar-refractivity contribution in [1.82, 2.24) is 4.90 Å². The van der Waals surface area contributed by atoms with Crippen LogP contribution in [-0.2, 0) is 17.6 Å². The SMILES string of the molecule is O=C(Cc1c(Cl)cccc1Cl)c1ccc2c(c1)CCC2N1CCC(C(=O)O)CC1. The zero-order valence-electron chi connectivity index (χ0n) is 16.0. The molecule has 0 spiro atoms. The highest BCUT2D eigenvalue weighted by atomic mass is 35.5. The van der Waals surface area contributed by atoms with Gasteiger partial charge in [0.2, 0.25) is 0 Å². The first-order chi connectivity index (χ1) is 13.9. The third-order valence-corrected chi connectivity index (χ3v) is 6.94. The van der Waals surface area contributed by atoms with Crippen molar-refractivity contribution >= 4 is 35.0 Å². The van der Waals surface area contributed by atoms with E-state index in [9.17, 15) is 14.7 Å². The lowest BCUT2D eigenvalue weighted by Gasteiger charge is -2.35. The molecular formula is C23H23Cl2NO3. The van der Waals surface area contributed by atoms with Gasteiger partial charge >= 0.3 is 5.97 Å². The van der Waals surface area contributed by atoms with E-state index in [4.69, 9.17) is 23.2 Å². The maximum atomic E-state index is 12.8. The maximum Gasteiger partial charge on any atom is 0.306 e. The Morgan fingerprint density at radius 1 is 1.03 bits per heavy atom. The number of likely N-dealkylation sites (tertiary alicyclic amines) is 1. The van der Waals surface area contributed by atoms with Gasteiger partial charge in [0.15, 0.2) is 5.78 Å². The molecule has 0 radical (unpaired) electrons. The Morgan fingerprint density at radius 3 is 2.38 bits per heavy atom. The first-order valence-corrected chi connectivity index (χ1v) is 10.8. The molecule has 0 amide bonds. The van der Waals surface area contributed by atoms with Crippen molar-refractivity contribution in [3.8, 4) is 0 Å². The average molecular weight is 432 g/mol. The molecular weight excluding hydrogens is 409 g/mol. The Balaban J connectivity index is 1.47. The number of halogens is 2. The van der Waals surface area contributed by atoms with E-state index in [0.717, 1.165) is 25.9 Å². The lowest BCUT2D eigenvalue weighted by Crippen LogP contribution is -2.38. The molecule has 0 aromatic heterocycles. The number of benzene rings is 2. The predicted octanol–water partition coefficient (Wildman–Crippen LogP) is 5.20. The van der Waals surface area contributed by atoms with Crippen LogP contribution in [0.15, 0.2) is 36.4 Å². The minimum atomic E-state index is -0.682. The summed E-state index contributed by atoms with van der Waals surface area (Å²) < 4.78 is 0. The minimum Gasteiger partial charge on any atom is -0.481 e. The highest BCUT2D eigenvalue weighted by molar-refractivity contribution is 6.36. The topological polar surface area (TPSA) is 57.6 Å². The molecule has 1 atom stereocenters. The highest BCUT2D eigenvalue weighted by Gasteiger charge is 2.33. The molecule has 1 heterocycles. The number of fused-ring (bicyclic) bond motifs is 1. The molecule has 2 aromatic rings. The van der Waals surface area contributed by atoms with Crippen molar-refractivity contribution in [3.63, 3.8) is 0 Å². The fourth-order valence-corrected chi connectivity index (χ4v) is 5.10. The summed E-state index contributed by atoms with van der Waals surface area (Å²) in [5.74, 6) is -0.893. The van der Waals surface area contributed by atoms with Crippen LogP contribution in [0.3, 0.4) is 0 Å². The lowest BCUT2D eigenvalue weighted by molar-refractivity contribution is -0.143. The number of aliphatic carboxylic acids is 1. The normalized spacial score (nSPS) is 19.9. The Labute approximate surface area is 180 Å². The monoisotopic (exact) mass is 431 g/mol. The van der Waals surface area contributed by atoms with E-state index >= 15 is 0 Å². The third kappa shape index (κ3) is 4.20. The average Bonchev–Trinajstić information content (AvgIpc) is 3.14. The second-order valence-corrected chi connectivity index (χ2v) is 8.73. The van der Waals surface area contributed by atoms with Crippen LogP contribution in [0.5, 0.6) is 0 Å². The molecule has 1 N–H and O–H groups in total. The highest BCUT2D eigenvalue weighted by Crippen LogP contribution is 2.38.